The van der Waals surface area contributed by atoms with Crippen molar-refractivity contribution >= 4 is 17.5 Å². The number of hydrogen-bond acceptors (Lipinski definition) is 3. The molecule has 0 aromatic heterocycles. The third kappa shape index (κ3) is 4.35. The van der Waals surface area contributed by atoms with Crippen LogP contribution in [0, 0.1) is 5.92 Å². The lowest BCUT2D eigenvalue weighted by molar-refractivity contribution is -0.131. The first-order chi connectivity index (χ1) is 9.99. The quantitative estimate of drug-likeness (QED) is 0.878. The van der Waals surface area contributed by atoms with Crippen LogP contribution in [0.5, 0.6) is 5.75 Å². The molecule has 1 aromatic carbocycles. The predicted octanol–water partition coefficient (Wildman–Crippen LogP) is 2.51. The van der Waals surface area contributed by atoms with Gasteiger partial charge in [0.05, 0.1) is 18.2 Å². The van der Waals surface area contributed by atoms with Gasteiger partial charge in [0.1, 0.15) is 5.75 Å². The zero-order valence-electron chi connectivity index (χ0n) is 12.5. The highest BCUT2D eigenvalue weighted by atomic mass is 35.5. The molecule has 0 unspecified atom stereocenters. The van der Waals surface area contributed by atoms with Gasteiger partial charge in [0.2, 0.25) is 5.91 Å². The first-order valence-electron chi connectivity index (χ1n) is 7.24. The van der Waals surface area contributed by atoms with Gasteiger partial charge in [-0.15, -0.1) is 0 Å². The summed E-state index contributed by atoms with van der Waals surface area (Å²) in [6, 6.07) is 5.60. The third-order valence-electron chi connectivity index (χ3n) is 4.01. The van der Waals surface area contributed by atoms with Gasteiger partial charge >= 0.3 is 0 Å². The van der Waals surface area contributed by atoms with Crippen LogP contribution in [-0.2, 0) is 11.2 Å². The third-order valence-corrected chi connectivity index (χ3v) is 4.31. The molecule has 1 aliphatic carbocycles. The van der Waals surface area contributed by atoms with Crippen LogP contribution in [0.2, 0.25) is 5.02 Å². The smallest absolute Gasteiger partial charge is 0.222 e. The lowest BCUT2D eigenvalue weighted by Crippen LogP contribution is -2.39. The van der Waals surface area contributed by atoms with E-state index in [9.17, 15) is 9.90 Å². The van der Waals surface area contributed by atoms with Crippen molar-refractivity contribution in [3.63, 3.8) is 0 Å². The van der Waals surface area contributed by atoms with Gasteiger partial charge < -0.3 is 14.7 Å². The minimum atomic E-state index is -0.167. The van der Waals surface area contributed by atoms with Gasteiger partial charge in [0, 0.05) is 20.0 Å². The molecule has 2 rings (SSSR count). The van der Waals surface area contributed by atoms with Crippen molar-refractivity contribution in [2.45, 2.75) is 31.8 Å². The fourth-order valence-electron chi connectivity index (χ4n) is 2.65. The van der Waals surface area contributed by atoms with E-state index < -0.39 is 0 Å². The number of halogens is 1. The van der Waals surface area contributed by atoms with E-state index in [1.165, 1.54) is 0 Å². The molecule has 0 spiro atoms. The molecule has 0 aliphatic heterocycles. The Labute approximate surface area is 130 Å². The Bertz CT molecular complexity index is 500. The van der Waals surface area contributed by atoms with Gasteiger partial charge in [-0.05, 0) is 42.9 Å². The van der Waals surface area contributed by atoms with Gasteiger partial charge in [0.15, 0.2) is 0 Å². The average molecular weight is 312 g/mol. The van der Waals surface area contributed by atoms with E-state index in [1.807, 2.05) is 25.2 Å². The number of hydrogen-bond donors (Lipinski definition) is 1. The highest BCUT2D eigenvalue weighted by Gasteiger charge is 2.28. The molecule has 1 aliphatic rings. The number of methoxy groups -OCH3 is 1. The van der Waals surface area contributed by atoms with Crippen LogP contribution in [0.25, 0.3) is 0 Å². The normalized spacial score (nSPS) is 20.8. The van der Waals surface area contributed by atoms with Gasteiger partial charge in [-0.1, -0.05) is 17.7 Å². The summed E-state index contributed by atoms with van der Waals surface area (Å²) in [6.07, 6.45) is 2.59. The van der Waals surface area contributed by atoms with Crippen LogP contribution < -0.4 is 4.74 Å². The number of nitrogens with zero attached hydrogens (tertiary/aromatic N) is 1. The highest BCUT2D eigenvalue weighted by Crippen LogP contribution is 2.28. The second kappa shape index (κ2) is 7.14. The number of carbonyl (C=O) groups is 1. The maximum Gasteiger partial charge on any atom is 0.222 e. The Morgan fingerprint density at radius 3 is 2.76 bits per heavy atom. The fraction of sp³-hybridized carbons (Fsp3) is 0.562. The van der Waals surface area contributed by atoms with E-state index in [-0.39, 0.29) is 12.0 Å². The molecule has 116 valence electrons. The minimum Gasteiger partial charge on any atom is -0.495 e. The summed E-state index contributed by atoms with van der Waals surface area (Å²) in [5.74, 6) is 1.22. The summed E-state index contributed by atoms with van der Waals surface area (Å²) in [7, 11) is 3.41. The SMILES string of the molecule is COc1ccc(CCC(=O)N(C)CC2CC(O)C2)cc1Cl. The molecule has 0 atom stereocenters. The molecule has 4 nitrogen and oxygen atoms in total. The van der Waals surface area contributed by atoms with Crippen molar-refractivity contribution in [1.82, 2.24) is 4.90 Å². The standard InChI is InChI=1S/C16H22ClNO3/c1-18(10-12-7-13(19)8-12)16(20)6-4-11-3-5-15(21-2)14(17)9-11/h3,5,9,12-13,19H,4,6-8,10H2,1-2H3. The summed E-state index contributed by atoms with van der Waals surface area (Å²) in [4.78, 5) is 13.9. The first-order valence-corrected chi connectivity index (χ1v) is 7.62. The number of aliphatic hydroxyl groups is 1. The molecule has 1 fully saturated rings. The Balaban J connectivity index is 1.79. The van der Waals surface area contributed by atoms with E-state index in [2.05, 4.69) is 0 Å². The maximum absolute atomic E-state index is 12.1. The molecule has 0 bridgehead atoms. The van der Waals surface area contributed by atoms with Crippen molar-refractivity contribution < 1.29 is 14.6 Å². The first kappa shape index (κ1) is 16.1. The number of ether oxygens (including phenoxy) is 1. The Kier molecular flexibility index (Phi) is 5.48. The monoisotopic (exact) mass is 311 g/mol. The largest absolute Gasteiger partial charge is 0.495 e. The molecular weight excluding hydrogens is 290 g/mol. The summed E-state index contributed by atoms with van der Waals surface area (Å²) in [5.41, 5.74) is 1.03. The molecular formula is C16H22ClNO3. The van der Waals surface area contributed by atoms with Crippen LogP contribution in [-0.4, -0.2) is 42.7 Å². The van der Waals surface area contributed by atoms with Crippen LogP contribution in [0.15, 0.2) is 18.2 Å². The molecule has 1 N–H and O–H groups in total. The minimum absolute atomic E-state index is 0.128. The fourth-order valence-corrected chi connectivity index (χ4v) is 2.93. The second-order valence-corrected chi connectivity index (χ2v) is 6.14. The van der Waals surface area contributed by atoms with Crippen LogP contribution in [0.4, 0.5) is 0 Å². The van der Waals surface area contributed by atoms with Gasteiger partial charge in [-0.25, -0.2) is 0 Å². The van der Waals surface area contributed by atoms with Gasteiger partial charge in [-0.3, -0.25) is 4.79 Å². The van der Waals surface area contributed by atoms with E-state index in [0.717, 1.165) is 24.9 Å². The number of aryl methyl sites for hydroxylation is 1. The van der Waals surface area contributed by atoms with Crippen molar-refractivity contribution in [1.29, 1.82) is 0 Å². The molecule has 1 saturated carbocycles. The summed E-state index contributed by atoms with van der Waals surface area (Å²) in [6.45, 7) is 0.735. The van der Waals surface area contributed by atoms with Crippen LogP contribution in [0.1, 0.15) is 24.8 Å². The zero-order valence-corrected chi connectivity index (χ0v) is 13.3. The molecule has 0 heterocycles. The Morgan fingerprint density at radius 2 is 2.19 bits per heavy atom. The molecule has 0 radical (unpaired) electrons. The van der Waals surface area contributed by atoms with Crippen molar-refractivity contribution in [2.24, 2.45) is 5.92 Å². The lowest BCUT2D eigenvalue weighted by atomic mass is 9.82. The van der Waals surface area contributed by atoms with Crippen LogP contribution in [0.3, 0.4) is 0 Å². The molecule has 0 saturated heterocycles. The number of carbonyl (C=O) groups excluding carboxylic acids is 1. The summed E-state index contributed by atoms with van der Waals surface area (Å²) >= 11 is 6.07. The second-order valence-electron chi connectivity index (χ2n) is 5.73. The van der Waals surface area contributed by atoms with Crippen molar-refractivity contribution in [3.8, 4) is 5.75 Å². The van der Waals surface area contributed by atoms with Gasteiger partial charge in [0.25, 0.3) is 0 Å². The summed E-state index contributed by atoms with van der Waals surface area (Å²) < 4.78 is 5.11. The number of amides is 1. The lowest BCUT2D eigenvalue weighted by Gasteiger charge is -2.34. The van der Waals surface area contributed by atoms with Crippen molar-refractivity contribution in [3.05, 3.63) is 28.8 Å². The average Bonchev–Trinajstić information content (AvgIpc) is 2.43. The number of aliphatic hydroxyl groups excluding tert-OH is 1. The summed E-state index contributed by atoms with van der Waals surface area (Å²) in [5, 5.41) is 9.83. The van der Waals surface area contributed by atoms with Crippen molar-refractivity contribution in [2.75, 3.05) is 20.7 Å². The predicted molar refractivity (Wildman–Crippen MR) is 82.7 cm³/mol. The van der Waals surface area contributed by atoms with Gasteiger partial charge in [-0.2, -0.15) is 0 Å². The molecule has 1 amide bonds. The van der Waals surface area contributed by atoms with Crippen LogP contribution >= 0.6 is 11.6 Å². The highest BCUT2D eigenvalue weighted by molar-refractivity contribution is 6.32. The van der Waals surface area contributed by atoms with E-state index in [4.69, 9.17) is 16.3 Å². The Hall–Kier alpha value is -1.26. The topological polar surface area (TPSA) is 49.8 Å². The molecule has 21 heavy (non-hydrogen) atoms. The maximum atomic E-state index is 12.1. The number of benzene rings is 1. The van der Waals surface area contributed by atoms with E-state index in [0.29, 0.717) is 29.5 Å². The van der Waals surface area contributed by atoms with E-state index in [1.54, 1.807) is 12.0 Å². The van der Waals surface area contributed by atoms with E-state index >= 15 is 0 Å². The zero-order chi connectivity index (χ0) is 15.4. The molecule has 1 aromatic rings. The Morgan fingerprint density at radius 1 is 1.48 bits per heavy atom. The molecule has 5 heteroatoms. The number of rotatable bonds is 6.